The summed E-state index contributed by atoms with van der Waals surface area (Å²) in [5.41, 5.74) is 0.395. The lowest BCUT2D eigenvalue weighted by Crippen LogP contribution is -2.13. The molecule has 0 saturated heterocycles. The number of anilines is 1. The van der Waals surface area contributed by atoms with Gasteiger partial charge in [0.2, 0.25) is 0 Å². The van der Waals surface area contributed by atoms with Crippen molar-refractivity contribution in [1.82, 2.24) is 5.32 Å². The number of nitrogens with one attached hydrogen (secondary N) is 2. The first-order chi connectivity index (χ1) is 9.42. The lowest BCUT2D eigenvalue weighted by Gasteiger charge is -2.07. The third kappa shape index (κ3) is 3.33. The second-order valence-electron chi connectivity index (χ2n) is 4.03. The molecule has 8 heteroatoms. The summed E-state index contributed by atoms with van der Waals surface area (Å²) in [6.45, 7) is 0.528. The van der Waals surface area contributed by atoms with Crippen molar-refractivity contribution in [3.05, 3.63) is 46.8 Å². The summed E-state index contributed by atoms with van der Waals surface area (Å²) in [6, 6.07) is 4.08. The molecule has 2 aromatic rings. The van der Waals surface area contributed by atoms with Gasteiger partial charge in [-0.1, -0.05) is 0 Å². The summed E-state index contributed by atoms with van der Waals surface area (Å²) in [5, 5.41) is 4.58. The van der Waals surface area contributed by atoms with Crippen LogP contribution in [0, 0.1) is 11.6 Å². The summed E-state index contributed by atoms with van der Waals surface area (Å²) in [4.78, 5) is 0. The molecule has 0 amide bonds. The molecule has 20 heavy (non-hydrogen) atoms. The first-order valence-corrected chi connectivity index (χ1v) is 7.98. The fourth-order valence-electron chi connectivity index (χ4n) is 1.56. The number of rotatable bonds is 5. The van der Waals surface area contributed by atoms with Gasteiger partial charge in [-0.25, -0.2) is 17.2 Å². The molecule has 0 bridgehead atoms. The second kappa shape index (κ2) is 5.86. The van der Waals surface area contributed by atoms with Crippen LogP contribution >= 0.6 is 11.3 Å². The Kier molecular flexibility index (Phi) is 4.36. The van der Waals surface area contributed by atoms with Crippen LogP contribution in [-0.2, 0) is 16.6 Å². The third-order valence-corrected chi connectivity index (χ3v) is 5.30. The van der Waals surface area contributed by atoms with Gasteiger partial charge in [0.05, 0.1) is 5.69 Å². The fourth-order valence-corrected chi connectivity index (χ4v) is 3.83. The topological polar surface area (TPSA) is 58.2 Å². The van der Waals surface area contributed by atoms with E-state index in [1.165, 1.54) is 6.07 Å². The molecule has 0 aliphatic carbocycles. The van der Waals surface area contributed by atoms with Gasteiger partial charge in [0.1, 0.15) is 15.8 Å². The van der Waals surface area contributed by atoms with E-state index >= 15 is 0 Å². The SMILES string of the molecule is CNCc1csc(S(=O)(=O)Nc2cc(F)ccc2F)c1. The van der Waals surface area contributed by atoms with Crippen molar-refractivity contribution in [2.75, 3.05) is 11.8 Å². The van der Waals surface area contributed by atoms with Crippen molar-refractivity contribution in [1.29, 1.82) is 0 Å². The van der Waals surface area contributed by atoms with Crippen LogP contribution in [0.4, 0.5) is 14.5 Å². The Morgan fingerprint density at radius 2 is 2.00 bits per heavy atom. The van der Waals surface area contributed by atoms with Crippen molar-refractivity contribution in [3.8, 4) is 0 Å². The Hall–Kier alpha value is -1.51. The average Bonchev–Trinajstić information content (AvgIpc) is 2.83. The van der Waals surface area contributed by atoms with Crippen molar-refractivity contribution >= 4 is 27.0 Å². The van der Waals surface area contributed by atoms with Crippen LogP contribution in [0.2, 0.25) is 0 Å². The van der Waals surface area contributed by atoms with Gasteiger partial charge in [-0.3, -0.25) is 4.72 Å². The highest BCUT2D eigenvalue weighted by Gasteiger charge is 2.19. The zero-order valence-corrected chi connectivity index (χ0v) is 12.1. The van der Waals surface area contributed by atoms with E-state index in [1.807, 2.05) is 4.72 Å². The Morgan fingerprint density at radius 3 is 2.70 bits per heavy atom. The van der Waals surface area contributed by atoms with Crippen LogP contribution in [0.3, 0.4) is 0 Å². The van der Waals surface area contributed by atoms with E-state index < -0.39 is 27.3 Å². The van der Waals surface area contributed by atoms with E-state index in [0.717, 1.165) is 35.1 Å². The molecule has 0 spiro atoms. The molecule has 4 nitrogen and oxygen atoms in total. The van der Waals surface area contributed by atoms with Crippen LogP contribution in [0.5, 0.6) is 0 Å². The van der Waals surface area contributed by atoms with Crippen LogP contribution in [0.1, 0.15) is 5.56 Å². The predicted octanol–water partition coefficient (Wildman–Crippen LogP) is 2.55. The van der Waals surface area contributed by atoms with E-state index in [4.69, 9.17) is 0 Å². The van der Waals surface area contributed by atoms with Crippen LogP contribution in [-0.4, -0.2) is 15.5 Å². The van der Waals surface area contributed by atoms with Gasteiger partial charge < -0.3 is 5.32 Å². The molecule has 108 valence electrons. The van der Waals surface area contributed by atoms with E-state index in [1.54, 1.807) is 12.4 Å². The highest BCUT2D eigenvalue weighted by atomic mass is 32.2. The first kappa shape index (κ1) is 14.9. The van der Waals surface area contributed by atoms with Gasteiger partial charge in [0.25, 0.3) is 10.0 Å². The number of sulfonamides is 1. The molecule has 2 rings (SSSR count). The number of benzene rings is 1. The molecule has 0 radical (unpaired) electrons. The van der Waals surface area contributed by atoms with Gasteiger partial charge >= 0.3 is 0 Å². The minimum atomic E-state index is -3.92. The summed E-state index contributed by atoms with van der Waals surface area (Å²) < 4.78 is 52.7. The quantitative estimate of drug-likeness (QED) is 0.891. The maximum atomic E-state index is 13.4. The van der Waals surface area contributed by atoms with Crippen LogP contribution in [0.25, 0.3) is 0 Å². The summed E-state index contributed by atoms with van der Waals surface area (Å²) >= 11 is 1.02. The number of hydrogen-bond donors (Lipinski definition) is 2. The molecule has 1 aromatic heterocycles. The van der Waals surface area contributed by atoms with E-state index in [2.05, 4.69) is 5.32 Å². The summed E-state index contributed by atoms with van der Waals surface area (Å²) in [6.07, 6.45) is 0. The van der Waals surface area contributed by atoms with Crippen molar-refractivity contribution in [2.45, 2.75) is 10.8 Å². The first-order valence-electron chi connectivity index (χ1n) is 5.62. The number of thiophene rings is 1. The molecule has 0 saturated carbocycles. The van der Waals surface area contributed by atoms with E-state index in [0.29, 0.717) is 6.54 Å². The Bertz CT molecular complexity index is 714. The molecule has 0 atom stereocenters. The Labute approximate surface area is 119 Å². The van der Waals surface area contributed by atoms with Gasteiger partial charge in [-0.15, -0.1) is 11.3 Å². The Morgan fingerprint density at radius 1 is 1.25 bits per heavy atom. The molecule has 0 fully saturated rings. The molecular weight excluding hydrogens is 306 g/mol. The predicted molar refractivity (Wildman–Crippen MR) is 74.2 cm³/mol. The highest BCUT2D eigenvalue weighted by Crippen LogP contribution is 2.24. The van der Waals surface area contributed by atoms with E-state index in [-0.39, 0.29) is 4.21 Å². The smallest absolute Gasteiger partial charge is 0.271 e. The molecule has 0 aliphatic heterocycles. The minimum Gasteiger partial charge on any atom is -0.316 e. The minimum absolute atomic E-state index is 0.0476. The molecule has 0 aliphatic rings. The molecular formula is C12H12F2N2O2S2. The van der Waals surface area contributed by atoms with Gasteiger partial charge in [-0.05, 0) is 36.2 Å². The van der Waals surface area contributed by atoms with Crippen molar-refractivity contribution in [2.24, 2.45) is 0 Å². The third-order valence-electron chi connectivity index (χ3n) is 2.45. The Balaban J connectivity index is 2.28. The molecule has 2 N–H and O–H groups in total. The van der Waals surface area contributed by atoms with Gasteiger partial charge in [0.15, 0.2) is 0 Å². The molecule has 1 heterocycles. The summed E-state index contributed by atoms with van der Waals surface area (Å²) in [7, 11) is -2.17. The van der Waals surface area contributed by atoms with Crippen LogP contribution < -0.4 is 10.0 Å². The highest BCUT2D eigenvalue weighted by molar-refractivity contribution is 7.94. The zero-order chi connectivity index (χ0) is 14.8. The number of halogens is 2. The fraction of sp³-hybridized carbons (Fsp3) is 0.167. The average molecular weight is 318 g/mol. The largest absolute Gasteiger partial charge is 0.316 e. The maximum Gasteiger partial charge on any atom is 0.271 e. The maximum absolute atomic E-state index is 13.4. The van der Waals surface area contributed by atoms with Crippen LogP contribution in [0.15, 0.2) is 33.9 Å². The lowest BCUT2D eigenvalue weighted by molar-refractivity contribution is 0.595. The normalized spacial score (nSPS) is 11.6. The van der Waals surface area contributed by atoms with Gasteiger partial charge in [-0.2, -0.15) is 0 Å². The standard InChI is InChI=1S/C12H12F2N2O2S2/c1-15-6-8-4-12(19-7-8)20(17,18)16-11-5-9(13)2-3-10(11)14/h2-5,7,15-16H,6H2,1H3. The zero-order valence-electron chi connectivity index (χ0n) is 10.5. The number of hydrogen-bond acceptors (Lipinski definition) is 4. The molecule has 1 aromatic carbocycles. The summed E-state index contributed by atoms with van der Waals surface area (Å²) in [5.74, 6) is -1.55. The lowest BCUT2D eigenvalue weighted by atomic mass is 10.3. The molecule has 0 unspecified atom stereocenters. The second-order valence-corrected chi connectivity index (χ2v) is 6.85. The van der Waals surface area contributed by atoms with E-state index in [9.17, 15) is 17.2 Å². The van der Waals surface area contributed by atoms with Crippen molar-refractivity contribution in [3.63, 3.8) is 0 Å². The monoisotopic (exact) mass is 318 g/mol. The van der Waals surface area contributed by atoms with Crippen molar-refractivity contribution < 1.29 is 17.2 Å². The van der Waals surface area contributed by atoms with Gasteiger partial charge in [0, 0.05) is 12.6 Å².